The maximum atomic E-state index is 3.47. The Labute approximate surface area is 74.6 Å². The quantitative estimate of drug-likeness (QED) is 0.467. The maximum absolute atomic E-state index is 3.47. The van der Waals surface area contributed by atoms with E-state index in [-0.39, 0.29) is 0 Å². The van der Waals surface area contributed by atoms with Crippen LogP contribution in [0.4, 0.5) is 0 Å². The minimum absolute atomic E-state index is 0.957. The Kier molecular flexibility index (Phi) is 4.02. The second-order valence-corrected chi connectivity index (χ2v) is 2.69. The van der Waals surface area contributed by atoms with Crippen molar-refractivity contribution in [1.82, 2.24) is 0 Å². The second kappa shape index (κ2) is 5.43. The molecule has 0 spiro atoms. The molecule has 0 saturated carbocycles. The molecule has 0 saturated heterocycles. The van der Waals surface area contributed by atoms with Gasteiger partial charge in [0.2, 0.25) is 0 Å². The fourth-order valence-corrected chi connectivity index (χ4v) is 1.11. The van der Waals surface area contributed by atoms with Gasteiger partial charge < -0.3 is 0 Å². The topological polar surface area (TPSA) is 0 Å². The summed E-state index contributed by atoms with van der Waals surface area (Å²) in [6, 6.07) is 10.5. The van der Waals surface area contributed by atoms with Gasteiger partial charge in [0.1, 0.15) is 0 Å². The third-order valence-corrected chi connectivity index (χ3v) is 1.74. The molecule has 0 amide bonds. The van der Waals surface area contributed by atoms with Gasteiger partial charge in [-0.15, -0.1) is 11.8 Å². The monoisotopic (exact) mass is 157 g/mol. The average molecular weight is 157 g/mol. The summed E-state index contributed by atoms with van der Waals surface area (Å²) < 4.78 is 0. The molecule has 0 unspecified atom stereocenters. The molecule has 0 heteroatoms. The molecular formula is C12H13. The van der Waals surface area contributed by atoms with Crippen LogP contribution in [0.1, 0.15) is 18.4 Å². The number of hydrogen-bond donors (Lipinski definition) is 0. The van der Waals surface area contributed by atoms with Crippen LogP contribution >= 0.6 is 0 Å². The highest BCUT2D eigenvalue weighted by molar-refractivity contribution is 5.14. The first-order valence-electron chi connectivity index (χ1n) is 4.22. The maximum Gasteiger partial charge on any atom is 0.0198 e. The fourth-order valence-electron chi connectivity index (χ4n) is 1.11. The lowest BCUT2D eigenvalue weighted by Gasteiger charge is -1.96. The molecular weight excluding hydrogens is 144 g/mol. The normalized spacial score (nSPS) is 8.75. The van der Waals surface area contributed by atoms with Gasteiger partial charge in [0.25, 0.3) is 0 Å². The molecule has 0 aromatic heterocycles. The van der Waals surface area contributed by atoms with E-state index in [2.05, 4.69) is 43.0 Å². The van der Waals surface area contributed by atoms with Gasteiger partial charge in [0.05, 0.1) is 0 Å². The zero-order chi connectivity index (χ0) is 8.65. The van der Waals surface area contributed by atoms with Crippen molar-refractivity contribution in [3.05, 3.63) is 42.8 Å². The van der Waals surface area contributed by atoms with Gasteiger partial charge in [-0.2, -0.15) is 0 Å². The first-order valence-corrected chi connectivity index (χ1v) is 4.22. The molecule has 0 heterocycles. The lowest BCUT2D eigenvalue weighted by atomic mass is 10.1. The lowest BCUT2D eigenvalue weighted by molar-refractivity contribution is 0.858. The Bertz CT molecular complexity index is 261. The summed E-state index contributed by atoms with van der Waals surface area (Å²) in [6.45, 7) is 3.47. The summed E-state index contributed by atoms with van der Waals surface area (Å²) >= 11 is 0. The standard InChI is InChI=1S/C12H13/c1-2-3-4-6-9-12-10-7-5-8-11-12/h5,7-8,10-11H,1,4,6,9H2. The van der Waals surface area contributed by atoms with Crippen LogP contribution in [0.5, 0.6) is 0 Å². The molecule has 1 aromatic carbocycles. The minimum atomic E-state index is 0.957. The van der Waals surface area contributed by atoms with Crippen molar-refractivity contribution in [3.8, 4) is 11.8 Å². The third-order valence-electron chi connectivity index (χ3n) is 1.74. The van der Waals surface area contributed by atoms with Gasteiger partial charge in [-0.1, -0.05) is 30.3 Å². The summed E-state index contributed by atoms with van der Waals surface area (Å²) in [5.74, 6) is 5.61. The first kappa shape index (κ1) is 8.87. The molecule has 0 aliphatic rings. The molecule has 61 valence electrons. The van der Waals surface area contributed by atoms with E-state index in [1.807, 2.05) is 6.07 Å². The van der Waals surface area contributed by atoms with Crippen LogP contribution in [0.25, 0.3) is 0 Å². The van der Waals surface area contributed by atoms with E-state index in [0.29, 0.717) is 0 Å². The lowest BCUT2D eigenvalue weighted by Crippen LogP contribution is -1.82. The molecule has 0 nitrogen and oxygen atoms in total. The van der Waals surface area contributed by atoms with Crippen LogP contribution in [-0.4, -0.2) is 0 Å². The van der Waals surface area contributed by atoms with Gasteiger partial charge in [-0.3, -0.25) is 0 Å². The predicted molar refractivity (Wildman–Crippen MR) is 52.5 cm³/mol. The third kappa shape index (κ3) is 3.25. The molecule has 1 radical (unpaired) electrons. The zero-order valence-electron chi connectivity index (χ0n) is 7.22. The molecule has 1 rings (SSSR count). The number of benzene rings is 1. The summed E-state index contributed by atoms with van der Waals surface area (Å²) in [4.78, 5) is 0. The van der Waals surface area contributed by atoms with Gasteiger partial charge in [-0.05, 0) is 18.4 Å². The fraction of sp³-hybridized carbons (Fsp3) is 0.250. The highest BCUT2D eigenvalue weighted by Crippen LogP contribution is 2.03. The van der Waals surface area contributed by atoms with Gasteiger partial charge in [0, 0.05) is 13.3 Å². The van der Waals surface area contributed by atoms with E-state index in [1.165, 1.54) is 5.56 Å². The summed E-state index contributed by atoms with van der Waals surface area (Å²) in [7, 11) is 0. The van der Waals surface area contributed by atoms with Crippen LogP contribution in [0, 0.1) is 18.8 Å². The summed E-state index contributed by atoms with van der Waals surface area (Å²) in [5.41, 5.74) is 1.39. The Morgan fingerprint density at radius 2 is 1.92 bits per heavy atom. The van der Waals surface area contributed by atoms with Gasteiger partial charge in [-0.25, -0.2) is 0 Å². The summed E-state index contributed by atoms with van der Waals surface area (Å²) in [5, 5.41) is 0. The van der Waals surface area contributed by atoms with Crippen LogP contribution in [0.2, 0.25) is 0 Å². The molecule has 1 aromatic rings. The Balaban J connectivity index is 2.27. The van der Waals surface area contributed by atoms with Crippen molar-refractivity contribution in [1.29, 1.82) is 0 Å². The van der Waals surface area contributed by atoms with Crippen LogP contribution in [-0.2, 0) is 6.42 Å². The number of hydrogen-bond acceptors (Lipinski definition) is 0. The average Bonchev–Trinajstić information content (AvgIpc) is 2.14. The number of unbranched alkanes of at least 4 members (excludes halogenated alkanes) is 1. The minimum Gasteiger partial charge on any atom is -0.103 e. The second-order valence-electron chi connectivity index (χ2n) is 2.69. The number of aryl methyl sites for hydroxylation is 1. The molecule has 0 fully saturated rings. The van der Waals surface area contributed by atoms with Crippen LogP contribution in [0.15, 0.2) is 30.3 Å². The molecule has 0 atom stereocenters. The van der Waals surface area contributed by atoms with Gasteiger partial charge >= 0.3 is 0 Å². The Hall–Kier alpha value is -1.22. The van der Waals surface area contributed by atoms with Crippen molar-refractivity contribution in [2.45, 2.75) is 19.3 Å². The highest BCUT2D eigenvalue weighted by Gasteiger charge is 1.88. The molecule has 12 heavy (non-hydrogen) atoms. The first-order chi connectivity index (χ1) is 5.93. The van der Waals surface area contributed by atoms with Crippen LogP contribution in [0.3, 0.4) is 0 Å². The number of rotatable bonds is 3. The van der Waals surface area contributed by atoms with Crippen molar-refractivity contribution in [2.24, 2.45) is 0 Å². The Morgan fingerprint density at radius 1 is 1.17 bits per heavy atom. The molecule has 0 aliphatic carbocycles. The van der Waals surface area contributed by atoms with Crippen molar-refractivity contribution in [3.63, 3.8) is 0 Å². The molecule has 0 bridgehead atoms. The van der Waals surface area contributed by atoms with E-state index in [0.717, 1.165) is 19.3 Å². The SMILES string of the molecule is [CH2]C#CCCCc1ccccc1. The highest BCUT2D eigenvalue weighted by atomic mass is 13.9. The Morgan fingerprint density at radius 3 is 2.58 bits per heavy atom. The zero-order valence-corrected chi connectivity index (χ0v) is 7.22. The van der Waals surface area contributed by atoms with E-state index >= 15 is 0 Å². The largest absolute Gasteiger partial charge is 0.103 e. The summed E-state index contributed by atoms with van der Waals surface area (Å²) in [6.07, 6.45) is 3.21. The molecule has 0 aliphatic heterocycles. The van der Waals surface area contributed by atoms with E-state index in [1.54, 1.807) is 0 Å². The van der Waals surface area contributed by atoms with Gasteiger partial charge in [0.15, 0.2) is 0 Å². The smallest absolute Gasteiger partial charge is 0.0198 e. The van der Waals surface area contributed by atoms with E-state index < -0.39 is 0 Å². The van der Waals surface area contributed by atoms with Crippen molar-refractivity contribution >= 4 is 0 Å². The van der Waals surface area contributed by atoms with Crippen molar-refractivity contribution in [2.75, 3.05) is 0 Å². The van der Waals surface area contributed by atoms with Crippen molar-refractivity contribution < 1.29 is 0 Å². The molecule has 0 N–H and O–H groups in total. The van der Waals surface area contributed by atoms with E-state index in [4.69, 9.17) is 0 Å². The van der Waals surface area contributed by atoms with E-state index in [9.17, 15) is 0 Å². The predicted octanol–water partition coefficient (Wildman–Crippen LogP) is 2.85. The van der Waals surface area contributed by atoms with Crippen LogP contribution < -0.4 is 0 Å².